The van der Waals surface area contributed by atoms with Gasteiger partial charge in [-0.3, -0.25) is 4.79 Å². The van der Waals surface area contributed by atoms with Crippen molar-refractivity contribution in [2.24, 2.45) is 5.92 Å². The Balaban J connectivity index is 1.25. The highest BCUT2D eigenvalue weighted by Gasteiger charge is 2.29. The van der Waals surface area contributed by atoms with Crippen molar-refractivity contribution >= 4 is 17.3 Å². The summed E-state index contributed by atoms with van der Waals surface area (Å²) in [6.45, 7) is 5.42. The standard InChI is InChI=1S/C24H31N3O/c1-18(19-6-3-2-4-7-19)17-25-21-12-14-27(15-13-21)23-9-5-8-22(16-23)26-24(28)20-10-11-20/h2-9,16,18,20-21,25H,10-15,17H2,1H3,(H,26,28)/t18-/m0/s1. The van der Waals surface area contributed by atoms with Gasteiger partial charge in [-0.1, -0.05) is 43.3 Å². The molecule has 1 amide bonds. The molecule has 1 aliphatic heterocycles. The van der Waals surface area contributed by atoms with Crippen LogP contribution in [0, 0.1) is 5.92 Å². The van der Waals surface area contributed by atoms with Crippen LogP contribution in [0.3, 0.4) is 0 Å². The minimum Gasteiger partial charge on any atom is -0.371 e. The van der Waals surface area contributed by atoms with E-state index < -0.39 is 0 Å². The summed E-state index contributed by atoms with van der Waals surface area (Å²) in [5.74, 6) is 0.947. The van der Waals surface area contributed by atoms with Gasteiger partial charge in [-0.05, 0) is 55.4 Å². The maximum Gasteiger partial charge on any atom is 0.227 e. The monoisotopic (exact) mass is 377 g/mol. The van der Waals surface area contributed by atoms with E-state index in [1.165, 1.54) is 11.3 Å². The van der Waals surface area contributed by atoms with E-state index in [2.05, 4.69) is 64.9 Å². The molecule has 1 saturated heterocycles. The molecule has 4 nitrogen and oxygen atoms in total. The molecule has 1 saturated carbocycles. The Bertz CT molecular complexity index is 779. The van der Waals surface area contributed by atoms with Crippen molar-refractivity contribution in [1.82, 2.24) is 5.32 Å². The smallest absolute Gasteiger partial charge is 0.227 e. The molecule has 4 heteroatoms. The lowest BCUT2D eigenvalue weighted by atomic mass is 9.99. The molecular weight excluding hydrogens is 346 g/mol. The zero-order valence-electron chi connectivity index (χ0n) is 16.7. The van der Waals surface area contributed by atoms with Gasteiger partial charge in [-0.2, -0.15) is 0 Å². The highest BCUT2D eigenvalue weighted by atomic mass is 16.2. The van der Waals surface area contributed by atoms with Crippen molar-refractivity contribution in [3.63, 3.8) is 0 Å². The van der Waals surface area contributed by atoms with Gasteiger partial charge < -0.3 is 15.5 Å². The third-order valence-electron chi connectivity index (χ3n) is 6.00. The topological polar surface area (TPSA) is 44.4 Å². The minimum absolute atomic E-state index is 0.174. The summed E-state index contributed by atoms with van der Waals surface area (Å²) in [4.78, 5) is 14.4. The van der Waals surface area contributed by atoms with Crippen molar-refractivity contribution in [3.05, 3.63) is 60.2 Å². The highest BCUT2D eigenvalue weighted by Crippen LogP contribution is 2.31. The molecule has 0 unspecified atom stereocenters. The second-order valence-corrected chi connectivity index (χ2v) is 8.30. The van der Waals surface area contributed by atoms with Gasteiger partial charge in [0.25, 0.3) is 0 Å². The predicted octanol–water partition coefficient (Wildman–Crippen LogP) is 4.40. The average Bonchev–Trinajstić information content (AvgIpc) is 3.59. The fourth-order valence-electron chi connectivity index (χ4n) is 3.95. The number of carbonyl (C=O) groups is 1. The lowest BCUT2D eigenvalue weighted by molar-refractivity contribution is -0.117. The van der Waals surface area contributed by atoms with E-state index in [9.17, 15) is 4.79 Å². The average molecular weight is 378 g/mol. The molecule has 2 aromatic rings. The molecule has 4 rings (SSSR count). The van der Waals surface area contributed by atoms with E-state index in [1.807, 2.05) is 12.1 Å². The van der Waals surface area contributed by atoms with Crippen LogP contribution in [-0.2, 0) is 4.79 Å². The number of piperidine rings is 1. The van der Waals surface area contributed by atoms with Crippen molar-refractivity contribution < 1.29 is 4.79 Å². The van der Waals surface area contributed by atoms with Crippen LogP contribution in [0.25, 0.3) is 0 Å². The molecular formula is C24H31N3O. The van der Waals surface area contributed by atoms with Gasteiger partial charge in [-0.15, -0.1) is 0 Å². The Morgan fingerprint density at radius 1 is 1.04 bits per heavy atom. The maximum absolute atomic E-state index is 12.0. The van der Waals surface area contributed by atoms with Crippen molar-refractivity contribution in [3.8, 4) is 0 Å². The first-order valence-electron chi connectivity index (χ1n) is 10.6. The highest BCUT2D eigenvalue weighted by molar-refractivity contribution is 5.94. The Kier molecular flexibility index (Phi) is 5.96. The Labute approximate surface area is 168 Å². The lowest BCUT2D eigenvalue weighted by Crippen LogP contribution is -2.43. The molecule has 1 atom stereocenters. The van der Waals surface area contributed by atoms with Gasteiger partial charge >= 0.3 is 0 Å². The summed E-state index contributed by atoms with van der Waals surface area (Å²) in [5, 5.41) is 6.83. The second-order valence-electron chi connectivity index (χ2n) is 8.30. The normalized spacial score (nSPS) is 18.7. The number of hydrogen-bond donors (Lipinski definition) is 2. The number of anilines is 2. The minimum atomic E-state index is 0.174. The van der Waals surface area contributed by atoms with Gasteiger partial charge in [0.1, 0.15) is 0 Å². The summed E-state index contributed by atoms with van der Waals surface area (Å²) >= 11 is 0. The van der Waals surface area contributed by atoms with Crippen molar-refractivity contribution in [1.29, 1.82) is 0 Å². The quantitative estimate of drug-likeness (QED) is 0.752. The molecule has 2 N–H and O–H groups in total. The lowest BCUT2D eigenvalue weighted by Gasteiger charge is -2.34. The number of rotatable bonds is 7. The molecule has 2 fully saturated rings. The third kappa shape index (κ3) is 4.93. The van der Waals surface area contributed by atoms with Gasteiger partial charge in [0, 0.05) is 43.0 Å². The van der Waals surface area contributed by atoms with Crippen LogP contribution in [-0.4, -0.2) is 31.6 Å². The Hall–Kier alpha value is -2.33. The zero-order chi connectivity index (χ0) is 19.3. The molecule has 2 aromatic carbocycles. The van der Waals surface area contributed by atoms with Crippen LogP contribution in [0.2, 0.25) is 0 Å². The number of nitrogens with one attached hydrogen (secondary N) is 2. The number of amides is 1. The van der Waals surface area contributed by atoms with E-state index in [-0.39, 0.29) is 11.8 Å². The maximum atomic E-state index is 12.0. The molecule has 28 heavy (non-hydrogen) atoms. The fourth-order valence-corrected chi connectivity index (χ4v) is 3.95. The van der Waals surface area contributed by atoms with E-state index in [0.717, 1.165) is 51.0 Å². The Morgan fingerprint density at radius 3 is 2.50 bits per heavy atom. The number of benzene rings is 2. The molecule has 0 spiro atoms. The summed E-state index contributed by atoms with van der Waals surface area (Å²) < 4.78 is 0. The molecule has 1 aliphatic carbocycles. The number of nitrogens with zero attached hydrogens (tertiary/aromatic N) is 1. The largest absolute Gasteiger partial charge is 0.371 e. The molecule has 0 bridgehead atoms. The van der Waals surface area contributed by atoms with Gasteiger partial charge in [-0.25, -0.2) is 0 Å². The molecule has 0 radical (unpaired) electrons. The van der Waals surface area contributed by atoms with E-state index in [0.29, 0.717) is 12.0 Å². The van der Waals surface area contributed by atoms with Crippen LogP contribution in [0.1, 0.15) is 44.1 Å². The summed E-state index contributed by atoms with van der Waals surface area (Å²) in [6.07, 6.45) is 4.38. The predicted molar refractivity (Wildman–Crippen MR) is 116 cm³/mol. The molecule has 1 heterocycles. The summed E-state index contributed by atoms with van der Waals surface area (Å²) in [6, 6.07) is 19.6. The van der Waals surface area contributed by atoms with Crippen LogP contribution in [0.4, 0.5) is 11.4 Å². The number of hydrogen-bond acceptors (Lipinski definition) is 3. The van der Waals surface area contributed by atoms with Crippen LogP contribution < -0.4 is 15.5 Å². The van der Waals surface area contributed by atoms with Gasteiger partial charge in [0.05, 0.1) is 0 Å². The molecule has 2 aliphatic rings. The van der Waals surface area contributed by atoms with Crippen molar-refractivity contribution in [2.75, 3.05) is 29.9 Å². The fraction of sp³-hybridized carbons (Fsp3) is 0.458. The number of carbonyl (C=O) groups excluding carboxylic acids is 1. The van der Waals surface area contributed by atoms with Crippen LogP contribution in [0.5, 0.6) is 0 Å². The van der Waals surface area contributed by atoms with Gasteiger partial charge in [0.2, 0.25) is 5.91 Å². The third-order valence-corrected chi connectivity index (χ3v) is 6.00. The van der Waals surface area contributed by atoms with Crippen LogP contribution in [0.15, 0.2) is 54.6 Å². The zero-order valence-corrected chi connectivity index (χ0v) is 16.7. The first kappa shape index (κ1) is 19.0. The van der Waals surface area contributed by atoms with Crippen LogP contribution >= 0.6 is 0 Å². The second kappa shape index (κ2) is 8.78. The summed E-state index contributed by atoms with van der Waals surface area (Å²) in [7, 11) is 0. The Morgan fingerprint density at radius 2 is 1.79 bits per heavy atom. The SMILES string of the molecule is C[C@@H](CNC1CCN(c2cccc(NC(=O)C3CC3)c2)CC1)c1ccccc1. The van der Waals surface area contributed by atoms with E-state index in [1.54, 1.807) is 0 Å². The first-order valence-corrected chi connectivity index (χ1v) is 10.6. The molecule has 148 valence electrons. The molecule has 0 aromatic heterocycles. The van der Waals surface area contributed by atoms with Crippen molar-refractivity contribution in [2.45, 2.75) is 44.6 Å². The van der Waals surface area contributed by atoms with E-state index in [4.69, 9.17) is 0 Å². The van der Waals surface area contributed by atoms with E-state index >= 15 is 0 Å². The first-order chi connectivity index (χ1) is 13.7. The van der Waals surface area contributed by atoms with Gasteiger partial charge in [0.15, 0.2) is 0 Å². The summed E-state index contributed by atoms with van der Waals surface area (Å²) in [5.41, 5.74) is 3.54.